The summed E-state index contributed by atoms with van der Waals surface area (Å²) in [5, 5.41) is 9.31. The lowest BCUT2D eigenvalue weighted by atomic mass is 9.89. The van der Waals surface area contributed by atoms with Crippen LogP contribution in [0.15, 0.2) is 28.6 Å². The van der Waals surface area contributed by atoms with E-state index in [1.807, 2.05) is 0 Å². The smallest absolute Gasteiger partial charge is 0.187 e. The van der Waals surface area contributed by atoms with Crippen LogP contribution in [0.25, 0.3) is 0 Å². The van der Waals surface area contributed by atoms with Gasteiger partial charge < -0.3 is 10.6 Å². The van der Waals surface area contributed by atoms with Crippen LogP contribution in [0.1, 0.15) is 61.9 Å². The number of anilines is 1. The number of nitrogens with one attached hydrogen (secondary N) is 2. The molecule has 8 heteroatoms. The summed E-state index contributed by atoms with van der Waals surface area (Å²) in [4.78, 5) is 3.84. The zero-order chi connectivity index (χ0) is 20.4. The molecule has 0 aliphatic heterocycles. The average Bonchev–Trinajstić information content (AvgIpc) is 3.40. The highest BCUT2D eigenvalue weighted by Crippen LogP contribution is 2.45. The van der Waals surface area contributed by atoms with Gasteiger partial charge in [0.2, 0.25) is 0 Å². The van der Waals surface area contributed by atoms with Gasteiger partial charge in [-0.05, 0) is 55.8 Å². The Balaban J connectivity index is 1.63. The Kier molecular flexibility index (Phi) is 6.22. The van der Waals surface area contributed by atoms with E-state index in [4.69, 9.17) is 0 Å². The molecular formula is C21H28FN3O2S2. The third-order valence-electron chi connectivity index (χ3n) is 5.83. The standard InChI is InChI=1S/C21H28FN3O2S2/c1-2-23-17-5-3-4-6-18(17)25-19-12-16(22)20(11-15(19)14-7-8-14)29(26,27)13-21-24-9-10-28-21/h9-12,14,17-18,23,25H,2-8,13H2,1H3/t17-,18-/m0/s1. The number of benzene rings is 1. The number of nitrogens with zero attached hydrogens (tertiary/aromatic N) is 1. The molecule has 0 unspecified atom stereocenters. The number of thiazole rings is 1. The first-order valence-electron chi connectivity index (χ1n) is 10.4. The van der Waals surface area contributed by atoms with Crippen molar-refractivity contribution >= 4 is 26.9 Å². The van der Waals surface area contributed by atoms with Crippen molar-refractivity contribution in [1.82, 2.24) is 10.3 Å². The fourth-order valence-corrected chi connectivity index (χ4v) is 6.59. The van der Waals surface area contributed by atoms with Crippen molar-refractivity contribution in [3.63, 3.8) is 0 Å². The highest BCUT2D eigenvalue weighted by molar-refractivity contribution is 7.90. The maximum absolute atomic E-state index is 15.0. The molecule has 2 saturated carbocycles. The molecule has 5 nitrogen and oxygen atoms in total. The van der Waals surface area contributed by atoms with Crippen LogP contribution in [0.3, 0.4) is 0 Å². The van der Waals surface area contributed by atoms with Crippen LogP contribution in [0.5, 0.6) is 0 Å². The van der Waals surface area contributed by atoms with Crippen molar-refractivity contribution in [1.29, 1.82) is 0 Å². The van der Waals surface area contributed by atoms with Gasteiger partial charge in [-0.1, -0.05) is 19.8 Å². The molecule has 2 N–H and O–H groups in total. The second-order valence-electron chi connectivity index (χ2n) is 8.03. The van der Waals surface area contributed by atoms with Crippen LogP contribution in [-0.4, -0.2) is 32.0 Å². The van der Waals surface area contributed by atoms with E-state index in [1.54, 1.807) is 17.6 Å². The van der Waals surface area contributed by atoms with Crippen LogP contribution in [0, 0.1) is 5.82 Å². The second kappa shape index (κ2) is 8.70. The Bertz CT molecular complexity index is 941. The molecule has 0 bridgehead atoms. The third-order valence-corrected chi connectivity index (χ3v) is 8.43. The number of rotatable bonds is 8. The number of halogens is 1. The van der Waals surface area contributed by atoms with Gasteiger partial charge in [-0.3, -0.25) is 0 Å². The molecule has 2 aliphatic rings. The largest absolute Gasteiger partial charge is 0.380 e. The minimum atomic E-state index is -3.78. The summed E-state index contributed by atoms with van der Waals surface area (Å²) in [7, 11) is -3.78. The molecule has 2 fully saturated rings. The van der Waals surface area contributed by atoms with E-state index in [1.165, 1.54) is 23.8 Å². The van der Waals surface area contributed by atoms with Crippen molar-refractivity contribution in [2.45, 2.75) is 74.1 Å². The molecule has 0 spiro atoms. The van der Waals surface area contributed by atoms with Gasteiger partial charge in [-0.25, -0.2) is 17.8 Å². The van der Waals surface area contributed by atoms with Gasteiger partial charge in [-0.15, -0.1) is 11.3 Å². The van der Waals surface area contributed by atoms with E-state index in [9.17, 15) is 12.8 Å². The van der Waals surface area contributed by atoms with Crippen LogP contribution in [0.2, 0.25) is 0 Å². The van der Waals surface area contributed by atoms with Gasteiger partial charge in [0.05, 0.1) is 0 Å². The number of likely N-dealkylation sites (N-methyl/N-ethyl adjacent to an activating group) is 1. The van der Waals surface area contributed by atoms with E-state index in [-0.39, 0.29) is 16.7 Å². The van der Waals surface area contributed by atoms with E-state index in [2.05, 4.69) is 22.5 Å². The van der Waals surface area contributed by atoms with Crippen molar-refractivity contribution in [2.24, 2.45) is 0 Å². The monoisotopic (exact) mass is 437 g/mol. The molecular weight excluding hydrogens is 409 g/mol. The van der Waals surface area contributed by atoms with Crippen LogP contribution >= 0.6 is 11.3 Å². The van der Waals surface area contributed by atoms with Crippen molar-refractivity contribution in [3.8, 4) is 0 Å². The first-order valence-corrected chi connectivity index (χ1v) is 13.0. The molecule has 158 valence electrons. The van der Waals surface area contributed by atoms with Gasteiger partial charge >= 0.3 is 0 Å². The van der Waals surface area contributed by atoms with Crippen molar-refractivity contribution < 1.29 is 12.8 Å². The van der Waals surface area contributed by atoms with Crippen LogP contribution in [0.4, 0.5) is 10.1 Å². The topological polar surface area (TPSA) is 71.1 Å². The van der Waals surface area contributed by atoms with Crippen LogP contribution in [-0.2, 0) is 15.6 Å². The van der Waals surface area contributed by atoms with Crippen molar-refractivity contribution in [3.05, 3.63) is 40.1 Å². The predicted octanol–water partition coefficient (Wildman–Crippen LogP) is 4.47. The second-order valence-corrected chi connectivity index (χ2v) is 11.0. The Morgan fingerprint density at radius 3 is 2.59 bits per heavy atom. The highest BCUT2D eigenvalue weighted by atomic mass is 32.2. The van der Waals surface area contributed by atoms with Gasteiger partial charge in [0, 0.05) is 29.3 Å². The van der Waals surface area contributed by atoms with E-state index in [0.717, 1.165) is 49.9 Å². The number of hydrogen-bond acceptors (Lipinski definition) is 6. The molecule has 4 rings (SSSR count). The lowest BCUT2D eigenvalue weighted by Crippen LogP contribution is -2.46. The summed E-state index contributed by atoms with van der Waals surface area (Å²) in [5.41, 5.74) is 1.69. The lowest BCUT2D eigenvalue weighted by Gasteiger charge is -2.34. The summed E-state index contributed by atoms with van der Waals surface area (Å²) < 4.78 is 40.7. The zero-order valence-electron chi connectivity index (χ0n) is 16.7. The molecule has 2 aromatic rings. The Morgan fingerprint density at radius 1 is 1.17 bits per heavy atom. The average molecular weight is 438 g/mol. The first-order chi connectivity index (χ1) is 14.0. The van der Waals surface area contributed by atoms with Gasteiger partial charge in [0.1, 0.15) is 21.5 Å². The Labute approximate surface area is 176 Å². The van der Waals surface area contributed by atoms with Gasteiger partial charge in [0.15, 0.2) is 9.84 Å². The normalized spacial score (nSPS) is 22.6. The van der Waals surface area contributed by atoms with E-state index < -0.39 is 15.7 Å². The Morgan fingerprint density at radius 2 is 1.93 bits per heavy atom. The summed E-state index contributed by atoms with van der Waals surface area (Å²) in [5.74, 6) is -0.624. The molecule has 1 heterocycles. The quantitative estimate of drug-likeness (QED) is 0.638. The van der Waals surface area contributed by atoms with E-state index >= 15 is 0 Å². The summed E-state index contributed by atoms with van der Waals surface area (Å²) in [6.07, 6.45) is 8.11. The molecule has 0 saturated heterocycles. The highest BCUT2D eigenvalue weighted by Gasteiger charge is 2.32. The molecule has 1 aromatic heterocycles. The number of sulfone groups is 1. The van der Waals surface area contributed by atoms with Crippen LogP contribution < -0.4 is 10.6 Å². The summed E-state index contributed by atoms with van der Waals surface area (Å²) in [6, 6.07) is 3.57. The molecule has 2 aliphatic carbocycles. The minimum absolute atomic E-state index is 0.202. The molecule has 1 aromatic carbocycles. The fourth-order valence-electron chi connectivity index (χ4n) is 4.24. The first kappa shape index (κ1) is 20.8. The predicted molar refractivity (Wildman–Crippen MR) is 115 cm³/mol. The number of hydrogen-bond donors (Lipinski definition) is 2. The minimum Gasteiger partial charge on any atom is -0.380 e. The fraction of sp³-hybridized carbons (Fsp3) is 0.571. The number of aromatic nitrogens is 1. The maximum Gasteiger partial charge on any atom is 0.187 e. The molecule has 0 amide bonds. The molecule has 29 heavy (non-hydrogen) atoms. The van der Waals surface area contributed by atoms with Crippen molar-refractivity contribution in [2.75, 3.05) is 11.9 Å². The molecule has 2 atom stereocenters. The molecule has 0 radical (unpaired) electrons. The zero-order valence-corrected chi connectivity index (χ0v) is 18.3. The SMILES string of the molecule is CCN[C@H]1CCCC[C@@H]1Nc1cc(F)c(S(=O)(=O)Cc2nccs2)cc1C1CC1. The van der Waals surface area contributed by atoms with Gasteiger partial charge in [0.25, 0.3) is 0 Å². The lowest BCUT2D eigenvalue weighted by molar-refractivity contribution is 0.349. The van der Waals surface area contributed by atoms with E-state index in [0.29, 0.717) is 17.0 Å². The summed E-state index contributed by atoms with van der Waals surface area (Å²) in [6.45, 7) is 3.00. The third kappa shape index (κ3) is 4.81. The Hall–Kier alpha value is -1.51. The summed E-state index contributed by atoms with van der Waals surface area (Å²) >= 11 is 1.27. The maximum atomic E-state index is 15.0. The van der Waals surface area contributed by atoms with Gasteiger partial charge in [-0.2, -0.15) is 0 Å².